The maximum absolute atomic E-state index is 11.4. The third-order valence-corrected chi connectivity index (χ3v) is 4.06. The van der Waals surface area contributed by atoms with E-state index in [1.54, 1.807) is 6.92 Å². The van der Waals surface area contributed by atoms with E-state index in [4.69, 9.17) is 23.7 Å². The highest BCUT2D eigenvalue weighted by Gasteiger charge is 2.14. The molecule has 7 nitrogen and oxygen atoms in total. The molecule has 0 radical (unpaired) electrons. The third kappa shape index (κ3) is 8.60. The van der Waals surface area contributed by atoms with E-state index in [1.165, 1.54) is 0 Å². The molecule has 2 rings (SSSR count). The van der Waals surface area contributed by atoms with Crippen LogP contribution in [0.15, 0.2) is 24.3 Å². The van der Waals surface area contributed by atoms with Crippen molar-refractivity contribution in [2.24, 2.45) is 0 Å². The second-order valence-electron chi connectivity index (χ2n) is 6.32. The van der Waals surface area contributed by atoms with Crippen LogP contribution in [0.4, 0.5) is 0 Å². The minimum absolute atomic E-state index is 0.166. The number of hydrogen-bond donors (Lipinski definition) is 0. The first-order chi connectivity index (χ1) is 13.2. The molecule has 152 valence electrons. The summed E-state index contributed by atoms with van der Waals surface area (Å²) < 4.78 is 28.2. The van der Waals surface area contributed by atoms with Gasteiger partial charge in [-0.3, -0.25) is 9.69 Å². The molecule has 0 saturated heterocycles. The predicted molar refractivity (Wildman–Crippen MR) is 101 cm³/mol. The molecule has 0 aliphatic carbocycles. The highest BCUT2D eigenvalue weighted by Crippen LogP contribution is 2.26. The van der Waals surface area contributed by atoms with Gasteiger partial charge in [-0.2, -0.15) is 0 Å². The van der Waals surface area contributed by atoms with E-state index in [-0.39, 0.29) is 12.1 Å². The number of esters is 1. The number of carbonyl (C=O) groups is 1. The summed E-state index contributed by atoms with van der Waals surface area (Å²) in [4.78, 5) is 13.6. The van der Waals surface area contributed by atoms with Crippen LogP contribution >= 0.6 is 0 Å². The number of para-hydroxylation sites is 2. The lowest BCUT2D eigenvalue weighted by molar-refractivity contribution is -0.148. The van der Waals surface area contributed by atoms with E-state index in [0.29, 0.717) is 64.1 Å². The molecule has 1 aromatic carbocycles. The highest BCUT2D eigenvalue weighted by atomic mass is 16.6. The molecular weight excluding hydrogens is 350 g/mol. The summed E-state index contributed by atoms with van der Waals surface area (Å²) in [6.07, 6.45) is 0.222. The minimum atomic E-state index is -0.179. The van der Waals surface area contributed by atoms with Gasteiger partial charge >= 0.3 is 5.97 Å². The summed E-state index contributed by atoms with van der Waals surface area (Å²) in [6, 6.07) is 7.60. The van der Waals surface area contributed by atoms with Crippen LogP contribution in [0, 0.1) is 0 Å². The largest absolute Gasteiger partial charge is 0.487 e. The van der Waals surface area contributed by atoms with Gasteiger partial charge in [0.2, 0.25) is 0 Å². The van der Waals surface area contributed by atoms with Crippen LogP contribution in [0.25, 0.3) is 0 Å². The molecule has 1 aromatic rings. The standard InChI is InChI=1S/C20H31NO6/c1-3-20(22)27-17(2)16-21-8-10-23-12-14-25-18-6-4-5-7-19(18)26-15-13-24-11-9-21/h4-7,17H,3,8-16H2,1-2H3/t17-/m1/s1. The monoisotopic (exact) mass is 381 g/mol. The second kappa shape index (κ2) is 12.5. The van der Waals surface area contributed by atoms with Crippen LogP contribution in [0.1, 0.15) is 20.3 Å². The van der Waals surface area contributed by atoms with Gasteiger partial charge in [0.15, 0.2) is 11.5 Å². The average molecular weight is 381 g/mol. The molecule has 27 heavy (non-hydrogen) atoms. The molecule has 1 atom stereocenters. The molecule has 0 amide bonds. The molecule has 0 N–H and O–H groups in total. The maximum atomic E-state index is 11.4. The van der Waals surface area contributed by atoms with Gasteiger partial charge in [-0.05, 0) is 19.1 Å². The zero-order chi connectivity index (χ0) is 19.3. The van der Waals surface area contributed by atoms with Crippen molar-refractivity contribution >= 4 is 5.97 Å². The fourth-order valence-electron chi connectivity index (χ4n) is 2.70. The summed E-state index contributed by atoms with van der Waals surface area (Å²) in [5.74, 6) is 1.25. The predicted octanol–water partition coefficient (Wildman–Crippen LogP) is 2.13. The SMILES string of the molecule is CCC(=O)O[C@H](C)CN1CCOCCOc2ccccc2OCCOCC1. The van der Waals surface area contributed by atoms with Gasteiger partial charge in [0.25, 0.3) is 0 Å². The molecule has 0 spiro atoms. The van der Waals surface area contributed by atoms with Crippen molar-refractivity contribution in [1.29, 1.82) is 0 Å². The number of carbonyl (C=O) groups excluding carboxylic acids is 1. The molecule has 1 aliphatic rings. The molecule has 0 bridgehead atoms. The fourth-order valence-corrected chi connectivity index (χ4v) is 2.70. The number of benzene rings is 1. The van der Waals surface area contributed by atoms with Crippen molar-refractivity contribution in [2.75, 3.05) is 59.3 Å². The lowest BCUT2D eigenvalue weighted by Crippen LogP contribution is -2.38. The molecule has 1 heterocycles. The Morgan fingerprint density at radius 2 is 1.56 bits per heavy atom. The van der Waals surface area contributed by atoms with Crippen molar-refractivity contribution in [1.82, 2.24) is 4.90 Å². The summed E-state index contributed by atoms with van der Waals surface area (Å²) >= 11 is 0. The Kier molecular flexibility index (Phi) is 9.97. The number of ether oxygens (including phenoxy) is 5. The van der Waals surface area contributed by atoms with Crippen LogP contribution in [-0.2, 0) is 19.0 Å². The normalized spacial score (nSPS) is 18.7. The zero-order valence-electron chi connectivity index (χ0n) is 16.4. The lowest BCUT2D eigenvalue weighted by atomic mass is 10.3. The Balaban J connectivity index is 1.83. The summed E-state index contributed by atoms with van der Waals surface area (Å²) in [5.41, 5.74) is 0. The van der Waals surface area contributed by atoms with E-state index in [9.17, 15) is 4.79 Å². The van der Waals surface area contributed by atoms with Gasteiger partial charge < -0.3 is 23.7 Å². The topological polar surface area (TPSA) is 66.5 Å². The summed E-state index contributed by atoms with van der Waals surface area (Å²) in [6.45, 7) is 8.91. The molecule has 0 unspecified atom stereocenters. The summed E-state index contributed by atoms with van der Waals surface area (Å²) in [5, 5.41) is 0. The molecule has 1 aliphatic heterocycles. The number of nitrogens with zero attached hydrogens (tertiary/aromatic N) is 1. The Bertz CT molecular complexity index is 518. The van der Waals surface area contributed by atoms with Crippen LogP contribution in [-0.4, -0.2) is 76.2 Å². The third-order valence-electron chi connectivity index (χ3n) is 4.06. The van der Waals surface area contributed by atoms with E-state index in [2.05, 4.69) is 4.90 Å². The van der Waals surface area contributed by atoms with Crippen molar-refractivity contribution in [3.05, 3.63) is 24.3 Å². The van der Waals surface area contributed by atoms with Crippen LogP contribution in [0.3, 0.4) is 0 Å². The molecule has 0 aromatic heterocycles. The molecule has 0 fully saturated rings. The smallest absolute Gasteiger partial charge is 0.305 e. The van der Waals surface area contributed by atoms with Crippen molar-refractivity contribution in [2.45, 2.75) is 26.4 Å². The number of rotatable bonds is 4. The van der Waals surface area contributed by atoms with Gasteiger partial charge in [0, 0.05) is 26.1 Å². The first-order valence-corrected chi connectivity index (χ1v) is 9.61. The van der Waals surface area contributed by atoms with Gasteiger partial charge in [-0.1, -0.05) is 19.1 Å². The van der Waals surface area contributed by atoms with Crippen molar-refractivity contribution < 1.29 is 28.5 Å². The van der Waals surface area contributed by atoms with Crippen LogP contribution in [0.2, 0.25) is 0 Å². The van der Waals surface area contributed by atoms with Gasteiger partial charge in [0.1, 0.15) is 19.3 Å². The first-order valence-electron chi connectivity index (χ1n) is 9.61. The Labute approximate surface area is 161 Å². The van der Waals surface area contributed by atoms with E-state index in [0.717, 1.165) is 13.1 Å². The van der Waals surface area contributed by atoms with Crippen LogP contribution in [0.5, 0.6) is 11.5 Å². The average Bonchev–Trinajstić information content (AvgIpc) is 2.67. The van der Waals surface area contributed by atoms with E-state index in [1.807, 2.05) is 31.2 Å². The van der Waals surface area contributed by atoms with Gasteiger partial charge in [0.05, 0.1) is 26.4 Å². The zero-order valence-corrected chi connectivity index (χ0v) is 16.4. The van der Waals surface area contributed by atoms with Crippen molar-refractivity contribution in [3.63, 3.8) is 0 Å². The molecule has 7 heteroatoms. The Hall–Kier alpha value is -1.83. The van der Waals surface area contributed by atoms with Gasteiger partial charge in [-0.25, -0.2) is 0 Å². The maximum Gasteiger partial charge on any atom is 0.305 e. The van der Waals surface area contributed by atoms with Crippen molar-refractivity contribution in [3.8, 4) is 11.5 Å². The number of hydrogen-bond acceptors (Lipinski definition) is 7. The Morgan fingerprint density at radius 3 is 2.07 bits per heavy atom. The van der Waals surface area contributed by atoms with E-state index < -0.39 is 0 Å². The Morgan fingerprint density at radius 1 is 1.00 bits per heavy atom. The molecule has 0 saturated carbocycles. The first kappa shape index (κ1) is 21.5. The second-order valence-corrected chi connectivity index (χ2v) is 6.32. The van der Waals surface area contributed by atoms with Crippen LogP contribution < -0.4 is 9.47 Å². The molecular formula is C20H31NO6. The highest BCUT2D eigenvalue weighted by molar-refractivity contribution is 5.69. The van der Waals surface area contributed by atoms with E-state index >= 15 is 0 Å². The summed E-state index contributed by atoms with van der Waals surface area (Å²) in [7, 11) is 0. The number of fused-ring (bicyclic) bond motifs is 1. The minimum Gasteiger partial charge on any atom is -0.487 e. The quantitative estimate of drug-likeness (QED) is 0.740. The fraction of sp³-hybridized carbons (Fsp3) is 0.650. The lowest BCUT2D eigenvalue weighted by Gasteiger charge is -2.25. The van der Waals surface area contributed by atoms with Gasteiger partial charge in [-0.15, -0.1) is 0 Å².